The number of fused-ring (bicyclic) bond motifs is 1. The molecule has 4 rings (SSSR count). The van der Waals surface area contributed by atoms with Crippen LogP contribution in [-0.2, 0) is 14.3 Å². The van der Waals surface area contributed by atoms with E-state index in [9.17, 15) is 9.59 Å². The summed E-state index contributed by atoms with van der Waals surface area (Å²) in [7, 11) is 0. The Balaban J connectivity index is 1.57. The molecule has 2 fully saturated rings. The second-order valence-electron chi connectivity index (χ2n) is 6.36. The minimum absolute atomic E-state index is 0.0744. The minimum atomic E-state index is -0.415. The minimum Gasteiger partial charge on any atom is -0.452 e. The Morgan fingerprint density at radius 1 is 0.957 bits per heavy atom. The lowest BCUT2D eigenvalue weighted by molar-refractivity contribution is -0.150. The van der Waals surface area contributed by atoms with Crippen molar-refractivity contribution in [2.75, 3.05) is 0 Å². The van der Waals surface area contributed by atoms with Gasteiger partial charge in [-0.1, -0.05) is 60.7 Å². The SMILES string of the molecule is O=C1CCC2C1C2C(=O)OC(c1ccccc1)c1ccccc1. The highest BCUT2D eigenvalue weighted by atomic mass is 16.5. The Labute approximate surface area is 135 Å². The van der Waals surface area contributed by atoms with Gasteiger partial charge >= 0.3 is 5.97 Å². The number of esters is 1. The maximum absolute atomic E-state index is 12.5. The van der Waals surface area contributed by atoms with Crippen molar-refractivity contribution < 1.29 is 14.3 Å². The first-order valence-electron chi connectivity index (χ1n) is 8.09. The predicted molar refractivity (Wildman–Crippen MR) is 85.5 cm³/mol. The smallest absolute Gasteiger partial charge is 0.310 e. The second-order valence-corrected chi connectivity index (χ2v) is 6.36. The Morgan fingerprint density at radius 3 is 2.00 bits per heavy atom. The number of Topliss-reactive ketones (excluding diaryl/α,β-unsaturated/α-hetero) is 1. The summed E-state index contributed by atoms with van der Waals surface area (Å²) in [4.78, 5) is 24.3. The number of ether oxygens (including phenoxy) is 1. The zero-order valence-corrected chi connectivity index (χ0v) is 12.7. The zero-order valence-electron chi connectivity index (χ0n) is 12.7. The van der Waals surface area contributed by atoms with Gasteiger partial charge in [-0.05, 0) is 23.5 Å². The molecule has 3 heteroatoms. The van der Waals surface area contributed by atoms with Crippen molar-refractivity contribution in [1.29, 1.82) is 0 Å². The highest BCUT2D eigenvalue weighted by Crippen LogP contribution is 2.56. The lowest BCUT2D eigenvalue weighted by Crippen LogP contribution is -2.17. The quantitative estimate of drug-likeness (QED) is 0.811. The van der Waals surface area contributed by atoms with E-state index in [4.69, 9.17) is 4.74 Å². The zero-order chi connectivity index (χ0) is 15.8. The standard InChI is InChI=1S/C20H18O3/c21-16-12-11-15-17(16)18(15)20(22)23-19(13-7-3-1-4-8-13)14-9-5-2-6-10-14/h1-10,15,17-19H,11-12H2. The van der Waals surface area contributed by atoms with Crippen molar-refractivity contribution in [2.24, 2.45) is 17.8 Å². The fraction of sp³-hybridized carbons (Fsp3) is 0.300. The van der Waals surface area contributed by atoms with Crippen LogP contribution in [0.3, 0.4) is 0 Å². The first-order valence-corrected chi connectivity index (χ1v) is 8.09. The molecule has 2 aliphatic rings. The van der Waals surface area contributed by atoms with Crippen LogP contribution < -0.4 is 0 Å². The Kier molecular flexibility index (Phi) is 3.49. The summed E-state index contributed by atoms with van der Waals surface area (Å²) in [5.74, 6) is -0.0678. The van der Waals surface area contributed by atoms with E-state index in [1.54, 1.807) is 0 Å². The average molecular weight is 306 g/mol. The summed E-state index contributed by atoms with van der Waals surface area (Å²) in [5.41, 5.74) is 1.90. The maximum Gasteiger partial charge on any atom is 0.310 e. The van der Waals surface area contributed by atoms with Crippen LogP contribution in [0.1, 0.15) is 30.1 Å². The van der Waals surface area contributed by atoms with Crippen LogP contribution in [0.2, 0.25) is 0 Å². The summed E-state index contributed by atoms with van der Waals surface area (Å²) in [6.07, 6.45) is 1.05. The molecular weight excluding hydrogens is 288 g/mol. The molecule has 0 amide bonds. The van der Waals surface area contributed by atoms with Gasteiger partial charge in [0.25, 0.3) is 0 Å². The first-order chi connectivity index (χ1) is 11.3. The molecule has 2 aromatic carbocycles. The maximum atomic E-state index is 12.5. The normalized spacial score (nSPS) is 25.3. The molecule has 116 valence electrons. The van der Waals surface area contributed by atoms with Crippen LogP contribution in [0, 0.1) is 17.8 Å². The van der Waals surface area contributed by atoms with Gasteiger partial charge < -0.3 is 4.74 Å². The molecule has 0 radical (unpaired) electrons. The van der Waals surface area contributed by atoms with Gasteiger partial charge in [0, 0.05) is 12.3 Å². The molecular formula is C20H18O3. The van der Waals surface area contributed by atoms with Crippen LogP contribution in [0.15, 0.2) is 60.7 Å². The lowest BCUT2D eigenvalue weighted by Gasteiger charge is -2.19. The van der Waals surface area contributed by atoms with Gasteiger partial charge in [0.05, 0.1) is 5.92 Å². The van der Waals surface area contributed by atoms with Crippen molar-refractivity contribution in [3.63, 3.8) is 0 Å². The molecule has 2 aliphatic carbocycles. The summed E-state index contributed by atoms with van der Waals surface area (Å²) in [6.45, 7) is 0. The summed E-state index contributed by atoms with van der Waals surface area (Å²) >= 11 is 0. The van der Waals surface area contributed by atoms with E-state index in [0.29, 0.717) is 6.42 Å². The fourth-order valence-corrected chi connectivity index (χ4v) is 3.75. The number of ketones is 1. The molecule has 3 atom stereocenters. The van der Waals surface area contributed by atoms with Crippen molar-refractivity contribution in [2.45, 2.75) is 18.9 Å². The highest BCUT2D eigenvalue weighted by molar-refractivity contribution is 5.94. The molecule has 0 bridgehead atoms. The molecule has 0 aromatic heterocycles. The molecule has 23 heavy (non-hydrogen) atoms. The fourth-order valence-electron chi connectivity index (χ4n) is 3.75. The molecule has 2 aromatic rings. The molecule has 0 aliphatic heterocycles. The third-order valence-corrected chi connectivity index (χ3v) is 4.98. The lowest BCUT2D eigenvalue weighted by atomic mass is 10.0. The molecule has 2 saturated carbocycles. The summed E-state index contributed by atoms with van der Waals surface area (Å²) in [6, 6.07) is 19.5. The number of hydrogen-bond donors (Lipinski definition) is 0. The molecule has 0 heterocycles. The number of benzene rings is 2. The van der Waals surface area contributed by atoms with Gasteiger partial charge in [0.2, 0.25) is 0 Å². The number of carbonyl (C=O) groups excluding carboxylic acids is 2. The van der Waals surface area contributed by atoms with Crippen molar-refractivity contribution in [1.82, 2.24) is 0 Å². The number of carbonyl (C=O) groups is 2. The van der Waals surface area contributed by atoms with E-state index in [2.05, 4.69) is 0 Å². The van der Waals surface area contributed by atoms with Gasteiger partial charge in [0.15, 0.2) is 6.10 Å². The Morgan fingerprint density at radius 2 is 1.52 bits per heavy atom. The molecule has 0 spiro atoms. The third-order valence-electron chi connectivity index (χ3n) is 4.98. The predicted octanol–water partition coefficient (Wildman–Crippen LogP) is 3.54. The molecule has 0 N–H and O–H groups in total. The van der Waals surface area contributed by atoms with Gasteiger partial charge in [-0.2, -0.15) is 0 Å². The van der Waals surface area contributed by atoms with Crippen LogP contribution >= 0.6 is 0 Å². The van der Waals surface area contributed by atoms with Gasteiger partial charge in [0.1, 0.15) is 5.78 Å². The van der Waals surface area contributed by atoms with Gasteiger partial charge in [-0.25, -0.2) is 0 Å². The molecule has 3 unspecified atom stereocenters. The Bertz CT molecular complexity index is 684. The monoisotopic (exact) mass is 306 g/mol. The van der Waals surface area contributed by atoms with Crippen LogP contribution in [-0.4, -0.2) is 11.8 Å². The van der Waals surface area contributed by atoms with E-state index in [0.717, 1.165) is 17.5 Å². The average Bonchev–Trinajstić information content (AvgIpc) is 3.22. The second kappa shape index (κ2) is 5.65. The van der Waals surface area contributed by atoms with Crippen LogP contribution in [0.25, 0.3) is 0 Å². The van der Waals surface area contributed by atoms with E-state index in [1.807, 2.05) is 60.7 Å². The van der Waals surface area contributed by atoms with Gasteiger partial charge in [-0.3, -0.25) is 9.59 Å². The molecule has 3 nitrogen and oxygen atoms in total. The van der Waals surface area contributed by atoms with Crippen LogP contribution in [0.5, 0.6) is 0 Å². The summed E-state index contributed by atoms with van der Waals surface area (Å²) < 4.78 is 5.84. The van der Waals surface area contributed by atoms with Crippen molar-refractivity contribution in [3.05, 3.63) is 71.8 Å². The number of rotatable bonds is 4. The topological polar surface area (TPSA) is 43.4 Å². The van der Waals surface area contributed by atoms with Crippen molar-refractivity contribution >= 4 is 11.8 Å². The number of hydrogen-bond acceptors (Lipinski definition) is 3. The Hall–Kier alpha value is -2.42. The van der Waals surface area contributed by atoms with Crippen molar-refractivity contribution in [3.8, 4) is 0 Å². The van der Waals surface area contributed by atoms with Crippen LogP contribution in [0.4, 0.5) is 0 Å². The van der Waals surface area contributed by atoms with E-state index in [1.165, 1.54) is 0 Å². The highest BCUT2D eigenvalue weighted by Gasteiger charge is 2.62. The van der Waals surface area contributed by atoms with E-state index < -0.39 is 6.10 Å². The van der Waals surface area contributed by atoms with Gasteiger partial charge in [-0.15, -0.1) is 0 Å². The molecule has 0 saturated heterocycles. The van der Waals surface area contributed by atoms with E-state index >= 15 is 0 Å². The summed E-state index contributed by atoms with van der Waals surface area (Å²) in [5, 5.41) is 0. The third kappa shape index (κ3) is 2.56. The van der Waals surface area contributed by atoms with E-state index in [-0.39, 0.29) is 29.5 Å². The first kappa shape index (κ1) is 14.2. The largest absolute Gasteiger partial charge is 0.452 e.